The molecule has 1 heterocycles. The van der Waals surface area contributed by atoms with Crippen molar-refractivity contribution in [2.45, 2.75) is 34.6 Å². The van der Waals surface area contributed by atoms with Gasteiger partial charge in [0.15, 0.2) is 0 Å². The molecule has 2 amide bonds. The molecular weight excluding hydrogens is 384 g/mol. The molecule has 1 aliphatic heterocycles. The van der Waals surface area contributed by atoms with Crippen molar-refractivity contribution in [2.75, 3.05) is 10.2 Å². The van der Waals surface area contributed by atoms with Gasteiger partial charge in [-0.15, -0.1) is 0 Å². The molecular formula is C27H26N2O2. The third-order valence-electron chi connectivity index (χ3n) is 5.49. The lowest BCUT2D eigenvalue weighted by atomic mass is 9.97. The van der Waals surface area contributed by atoms with Crippen molar-refractivity contribution in [1.82, 2.24) is 0 Å². The molecule has 4 rings (SSSR count). The number of nitrogens with zero attached hydrogens (tertiary/aromatic N) is 1. The van der Waals surface area contributed by atoms with E-state index in [0.29, 0.717) is 17.0 Å². The Morgan fingerprint density at radius 2 is 1.35 bits per heavy atom. The molecule has 3 aromatic rings. The largest absolute Gasteiger partial charge is 0.350 e. The zero-order valence-electron chi connectivity index (χ0n) is 18.5. The van der Waals surface area contributed by atoms with Crippen LogP contribution < -0.4 is 10.2 Å². The molecule has 0 fully saturated rings. The van der Waals surface area contributed by atoms with Crippen molar-refractivity contribution in [3.63, 3.8) is 0 Å². The van der Waals surface area contributed by atoms with Crippen LogP contribution in [0.5, 0.6) is 0 Å². The smallest absolute Gasteiger partial charge is 0.282 e. The molecule has 0 spiro atoms. The lowest BCUT2D eigenvalue weighted by Gasteiger charge is -2.17. The fraction of sp³-hybridized carbons (Fsp3) is 0.185. The number of rotatable bonds is 4. The Kier molecular flexibility index (Phi) is 5.24. The summed E-state index contributed by atoms with van der Waals surface area (Å²) >= 11 is 0. The topological polar surface area (TPSA) is 49.4 Å². The molecule has 0 atom stereocenters. The van der Waals surface area contributed by atoms with E-state index in [1.54, 1.807) is 0 Å². The maximum atomic E-state index is 13.7. The van der Waals surface area contributed by atoms with Crippen LogP contribution in [0.4, 0.5) is 11.4 Å². The van der Waals surface area contributed by atoms with Gasteiger partial charge in [0.1, 0.15) is 5.70 Å². The van der Waals surface area contributed by atoms with Crippen molar-refractivity contribution in [1.29, 1.82) is 0 Å². The summed E-state index contributed by atoms with van der Waals surface area (Å²) < 4.78 is 0. The Morgan fingerprint density at radius 3 is 2.00 bits per heavy atom. The Hall–Kier alpha value is -3.66. The minimum atomic E-state index is -0.341. The predicted octanol–water partition coefficient (Wildman–Crippen LogP) is 5.63. The van der Waals surface area contributed by atoms with Gasteiger partial charge in [-0.1, -0.05) is 42.0 Å². The van der Waals surface area contributed by atoms with E-state index in [2.05, 4.69) is 5.32 Å². The highest BCUT2D eigenvalue weighted by molar-refractivity contribution is 6.46. The monoisotopic (exact) mass is 410 g/mol. The molecule has 4 nitrogen and oxygen atoms in total. The normalized spacial score (nSPS) is 13.9. The van der Waals surface area contributed by atoms with E-state index in [9.17, 15) is 9.59 Å². The number of carbonyl (C=O) groups is 2. The van der Waals surface area contributed by atoms with Gasteiger partial charge in [-0.2, -0.15) is 0 Å². The fourth-order valence-corrected chi connectivity index (χ4v) is 4.17. The van der Waals surface area contributed by atoms with Gasteiger partial charge in [0, 0.05) is 5.69 Å². The summed E-state index contributed by atoms with van der Waals surface area (Å²) in [5.74, 6) is -0.649. The zero-order chi connectivity index (χ0) is 22.3. The Morgan fingerprint density at radius 1 is 0.677 bits per heavy atom. The van der Waals surface area contributed by atoms with E-state index >= 15 is 0 Å². The maximum Gasteiger partial charge on any atom is 0.282 e. The molecule has 0 radical (unpaired) electrons. The van der Waals surface area contributed by atoms with Crippen LogP contribution in [-0.2, 0) is 9.59 Å². The molecule has 3 aromatic carbocycles. The highest BCUT2D eigenvalue weighted by atomic mass is 16.2. The molecule has 1 aliphatic rings. The van der Waals surface area contributed by atoms with E-state index in [0.717, 1.165) is 39.1 Å². The van der Waals surface area contributed by atoms with E-state index in [4.69, 9.17) is 0 Å². The number of hydrogen-bond acceptors (Lipinski definition) is 3. The van der Waals surface area contributed by atoms with E-state index in [1.807, 2.05) is 95.3 Å². The van der Waals surface area contributed by atoms with Crippen molar-refractivity contribution in [3.05, 3.63) is 99.7 Å². The number of hydrogen-bond donors (Lipinski definition) is 1. The summed E-state index contributed by atoms with van der Waals surface area (Å²) in [7, 11) is 0. The Labute approximate surface area is 183 Å². The predicted molar refractivity (Wildman–Crippen MR) is 126 cm³/mol. The SMILES string of the molecule is Cc1cccc(NC2=C(c3ccc(C)cc3C)C(=O)N(c3cc(C)cc(C)c3)C2=O)c1. The van der Waals surface area contributed by atoms with Crippen molar-refractivity contribution in [2.24, 2.45) is 0 Å². The quantitative estimate of drug-likeness (QED) is 0.568. The van der Waals surface area contributed by atoms with Gasteiger partial charge in [-0.25, -0.2) is 4.90 Å². The van der Waals surface area contributed by atoms with Crippen LogP contribution in [0.1, 0.15) is 33.4 Å². The van der Waals surface area contributed by atoms with Crippen LogP contribution in [0.2, 0.25) is 0 Å². The summed E-state index contributed by atoms with van der Waals surface area (Å²) in [5, 5.41) is 3.25. The Balaban J connectivity index is 1.88. The van der Waals surface area contributed by atoms with Crippen molar-refractivity contribution < 1.29 is 9.59 Å². The third kappa shape index (κ3) is 3.89. The summed E-state index contributed by atoms with van der Waals surface area (Å²) in [6.45, 7) is 9.91. The second-order valence-corrected chi connectivity index (χ2v) is 8.35. The first-order valence-corrected chi connectivity index (χ1v) is 10.4. The van der Waals surface area contributed by atoms with Crippen LogP contribution in [0.25, 0.3) is 5.57 Å². The molecule has 0 saturated carbocycles. The zero-order valence-corrected chi connectivity index (χ0v) is 18.5. The fourth-order valence-electron chi connectivity index (χ4n) is 4.17. The number of benzene rings is 3. The van der Waals surface area contributed by atoms with Crippen LogP contribution in [0.15, 0.2) is 66.4 Å². The van der Waals surface area contributed by atoms with E-state index in [1.165, 1.54) is 4.90 Å². The minimum Gasteiger partial charge on any atom is -0.350 e. The standard InChI is InChI=1S/C27H26N2O2/c1-16-7-6-8-21(13-16)28-25-24(23-10-9-17(2)12-20(23)5)26(30)29(27(25)31)22-14-18(3)11-19(4)15-22/h6-15,28H,1-5H3. The Bertz CT molecular complexity index is 1230. The molecule has 0 aliphatic carbocycles. The van der Waals surface area contributed by atoms with Gasteiger partial charge in [0.25, 0.3) is 11.8 Å². The van der Waals surface area contributed by atoms with Crippen LogP contribution in [0.3, 0.4) is 0 Å². The number of imide groups is 1. The third-order valence-corrected chi connectivity index (χ3v) is 5.49. The lowest BCUT2D eigenvalue weighted by Crippen LogP contribution is -2.32. The minimum absolute atomic E-state index is 0.307. The summed E-state index contributed by atoms with van der Waals surface area (Å²) in [6.07, 6.45) is 0. The number of amides is 2. The molecule has 1 N–H and O–H groups in total. The molecule has 0 saturated heterocycles. The van der Waals surface area contributed by atoms with Gasteiger partial charge in [0.2, 0.25) is 0 Å². The first kappa shape index (κ1) is 20.6. The first-order chi connectivity index (χ1) is 14.7. The van der Waals surface area contributed by atoms with Gasteiger partial charge in [-0.05, 0) is 86.7 Å². The lowest BCUT2D eigenvalue weighted by molar-refractivity contribution is -0.120. The summed E-state index contributed by atoms with van der Waals surface area (Å²) in [4.78, 5) is 28.5. The summed E-state index contributed by atoms with van der Waals surface area (Å²) in [5.41, 5.74) is 8.00. The number of nitrogens with one attached hydrogen (secondary N) is 1. The van der Waals surface area contributed by atoms with Gasteiger partial charge in [-0.3, -0.25) is 9.59 Å². The molecule has 0 bridgehead atoms. The highest BCUT2D eigenvalue weighted by Gasteiger charge is 2.40. The van der Waals surface area contributed by atoms with Crippen molar-refractivity contribution in [3.8, 4) is 0 Å². The number of aryl methyl sites for hydroxylation is 5. The van der Waals surface area contributed by atoms with Gasteiger partial charge < -0.3 is 5.32 Å². The van der Waals surface area contributed by atoms with E-state index in [-0.39, 0.29) is 11.8 Å². The van der Waals surface area contributed by atoms with Gasteiger partial charge >= 0.3 is 0 Å². The van der Waals surface area contributed by atoms with Crippen LogP contribution in [-0.4, -0.2) is 11.8 Å². The second-order valence-electron chi connectivity index (χ2n) is 8.35. The first-order valence-electron chi connectivity index (χ1n) is 10.4. The summed E-state index contributed by atoms with van der Waals surface area (Å²) in [6, 6.07) is 19.5. The highest BCUT2D eigenvalue weighted by Crippen LogP contribution is 2.36. The molecule has 156 valence electrons. The average Bonchev–Trinajstić information content (AvgIpc) is 2.91. The molecule has 4 heteroatoms. The van der Waals surface area contributed by atoms with Crippen LogP contribution >= 0.6 is 0 Å². The molecule has 31 heavy (non-hydrogen) atoms. The molecule has 0 aromatic heterocycles. The van der Waals surface area contributed by atoms with E-state index < -0.39 is 0 Å². The molecule has 0 unspecified atom stereocenters. The van der Waals surface area contributed by atoms with Crippen molar-refractivity contribution >= 4 is 28.8 Å². The van der Waals surface area contributed by atoms with Crippen LogP contribution in [0, 0.1) is 34.6 Å². The average molecular weight is 411 g/mol. The number of anilines is 2. The number of carbonyl (C=O) groups excluding carboxylic acids is 2. The second kappa shape index (κ2) is 7.88. The van der Waals surface area contributed by atoms with Gasteiger partial charge in [0.05, 0.1) is 11.3 Å². The maximum absolute atomic E-state index is 13.7.